The van der Waals surface area contributed by atoms with E-state index in [-0.39, 0.29) is 0 Å². The van der Waals surface area contributed by atoms with Crippen molar-refractivity contribution in [1.82, 2.24) is 0 Å². The predicted molar refractivity (Wildman–Crippen MR) is 45.7 cm³/mol. The molecule has 2 N–H and O–H groups in total. The Balaban J connectivity index is 3.05. The Morgan fingerprint density at radius 3 is 2.38 bits per heavy atom. The van der Waals surface area contributed by atoms with E-state index in [9.17, 15) is 18.0 Å². The molecule has 0 amide bonds. The molecule has 0 aliphatic carbocycles. The van der Waals surface area contributed by atoms with Crippen LogP contribution in [0.3, 0.4) is 0 Å². The van der Waals surface area contributed by atoms with Gasteiger partial charge in [-0.15, -0.1) is 13.2 Å². The van der Waals surface area contributed by atoms with Gasteiger partial charge in [-0.25, -0.2) is 4.79 Å². The highest BCUT2D eigenvalue weighted by Gasteiger charge is 2.33. The second-order valence-electron chi connectivity index (χ2n) is 2.83. The number of aliphatic hydroxyl groups is 1. The molecule has 1 rings (SSSR count). The molecular weight excluding hydrogens is 229 g/mol. The third kappa shape index (κ3) is 3.13. The number of hydrogen-bond donors (Lipinski definition) is 2. The Bertz CT molecular complexity index is 389. The molecule has 7 heteroatoms. The highest BCUT2D eigenvalue weighted by atomic mass is 19.4. The maximum absolute atomic E-state index is 11.9. The summed E-state index contributed by atoms with van der Waals surface area (Å²) in [5.74, 6) is -2.39. The monoisotopic (exact) mass is 236 g/mol. The molecule has 0 saturated heterocycles. The van der Waals surface area contributed by atoms with E-state index in [4.69, 9.17) is 10.2 Å². The third-order valence-electron chi connectivity index (χ3n) is 1.67. The van der Waals surface area contributed by atoms with Crippen molar-refractivity contribution in [2.45, 2.75) is 12.5 Å². The fourth-order valence-corrected chi connectivity index (χ4v) is 1.06. The topological polar surface area (TPSA) is 66.8 Å². The van der Waals surface area contributed by atoms with E-state index in [1.807, 2.05) is 0 Å². The number of hydrogen-bond acceptors (Lipinski definition) is 3. The van der Waals surface area contributed by atoms with E-state index in [1.54, 1.807) is 0 Å². The molecule has 0 radical (unpaired) electrons. The molecule has 0 spiro atoms. The summed E-state index contributed by atoms with van der Waals surface area (Å²) in [5, 5.41) is 17.6. The summed E-state index contributed by atoms with van der Waals surface area (Å²) in [4.78, 5) is 10.4. The number of carboxylic acid groups (broad SMARTS) is 1. The first kappa shape index (κ1) is 12.3. The first-order chi connectivity index (χ1) is 7.31. The van der Waals surface area contributed by atoms with Gasteiger partial charge in [-0.05, 0) is 6.07 Å². The summed E-state index contributed by atoms with van der Waals surface area (Å²) < 4.78 is 39.4. The van der Waals surface area contributed by atoms with Gasteiger partial charge in [0.05, 0.1) is 0 Å². The fourth-order valence-electron chi connectivity index (χ4n) is 1.06. The highest BCUT2D eigenvalue weighted by molar-refractivity contribution is 5.75. The van der Waals surface area contributed by atoms with Crippen molar-refractivity contribution in [3.05, 3.63) is 29.8 Å². The van der Waals surface area contributed by atoms with Crippen LogP contribution in [0.25, 0.3) is 0 Å². The molecule has 88 valence electrons. The minimum absolute atomic E-state index is 0.452. The van der Waals surface area contributed by atoms with Gasteiger partial charge < -0.3 is 14.9 Å². The van der Waals surface area contributed by atoms with Gasteiger partial charge in [-0.1, -0.05) is 18.2 Å². The van der Waals surface area contributed by atoms with Crippen LogP contribution in [0.2, 0.25) is 0 Å². The lowest BCUT2D eigenvalue weighted by molar-refractivity contribution is -0.275. The average Bonchev–Trinajstić information content (AvgIpc) is 2.15. The number of carboxylic acids is 1. The lowest BCUT2D eigenvalue weighted by Crippen LogP contribution is -2.20. The van der Waals surface area contributed by atoms with Gasteiger partial charge in [0, 0.05) is 5.56 Å². The van der Waals surface area contributed by atoms with E-state index in [2.05, 4.69) is 4.74 Å². The molecule has 0 heterocycles. The second kappa shape index (κ2) is 4.40. The summed E-state index contributed by atoms with van der Waals surface area (Å²) in [5.41, 5.74) is -0.452. The van der Waals surface area contributed by atoms with Crippen LogP contribution >= 0.6 is 0 Å². The molecule has 0 saturated carbocycles. The number of ether oxygens (including phenoxy) is 1. The molecule has 1 aromatic rings. The quantitative estimate of drug-likeness (QED) is 0.838. The molecular formula is C9H7F3O4. The van der Waals surface area contributed by atoms with Crippen LogP contribution < -0.4 is 4.74 Å². The van der Waals surface area contributed by atoms with Gasteiger partial charge >= 0.3 is 12.3 Å². The minimum atomic E-state index is -4.94. The predicted octanol–water partition coefficient (Wildman–Crippen LogP) is 1.70. The summed E-state index contributed by atoms with van der Waals surface area (Å²) >= 11 is 0. The number of halogens is 3. The molecule has 4 nitrogen and oxygen atoms in total. The first-order valence-electron chi connectivity index (χ1n) is 4.07. The maximum atomic E-state index is 11.9. The van der Waals surface area contributed by atoms with Crippen molar-refractivity contribution in [2.24, 2.45) is 0 Å². The van der Waals surface area contributed by atoms with Crippen molar-refractivity contribution >= 4 is 5.97 Å². The lowest BCUT2D eigenvalue weighted by Gasteiger charge is -2.14. The summed E-state index contributed by atoms with van der Waals surface area (Å²) in [7, 11) is 0. The normalized spacial score (nSPS) is 13.2. The second-order valence-corrected chi connectivity index (χ2v) is 2.83. The van der Waals surface area contributed by atoms with Crippen LogP contribution in [0, 0.1) is 0 Å². The zero-order valence-corrected chi connectivity index (χ0v) is 7.73. The zero-order chi connectivity index (χ0) is 12.3. The summed E-state index contributed by atoms with van der Waals surface area (Å²) in [6.45, 7) is 0. The van der Waals surface area contributed by atoms with Gasteiger partial charge in [0.15, 0.2) is 6.10 Å². The number of carbonyl (C=O) groups is 1. The van der Waals surface area contributed by atoms with E-state index < -0.39 is 29.7 Å². The number of para-hydroxylation sites is 1. The smallest absolute Gasteiger partial charge is 0.479 e. The molecule has 0 aliphatic heterocycles. The van der Waals surface area contributed by atoms with Gasteiger partial charge in [-0.3, -0.25) is 0 Å². The molecule has 0 fully saturated rings. The molecule has 16 heavy (non-hydrogen) atoms. The first-order valence-corrected chi connectivity index (χ1v) is 4.07. The molecule has 1 atom stereocenters. The van der Waals surface area contributed by atoms with Gasteiger partial charge in [0.1, 0.15) is 5.75 Å². The Morgan fingerprint density at radius 2 is 1.88 bits per heavy atom. The molecule has 0 aliphatic rings. The Morgan fingerprint density at radius 1 is 1.31 bits per heavy atom. The van der Waals surface area contributed by atoms with Crippen molar-refractivity contribution in [1.29, 1.82) is 0 Å². The van der Waals surface area contributed by atoms with Gasteiger partial charge in [-0.2, -0.15) is 0 Å². The highest BCUT2D eigenvalue weighted by Crippen LogP contribution is 2.30. The van der Waals surface area contributed by atoms with Crippen molar-refractivity contribution < 1.29 is 32.9 Å². The van der Waals surface area contributed by atoms with Crippen LogP contribution in [-0.4, -0.2) is 22.5 Å². The number of aliphatic carboxylic acids is 1. The average molecular weight is 236 g/mol. The van der Waals surface area contributed by atoms with Gasteiger partial charge in [0.2, 0.25) is 0 Å². The van der Waals surface area contributed by atoms with Crippen LogP contribution in [0.15, 0.2) is 24.3 Å². The van der Waals surface area contributed by atoms with E-state index in [0.717, 1.165) is 12.1 Å². The summed E-state index contributed by atoms with van der Waals surface area (Å²) in [6.07, 6.45) is -6.99. The molecule has 0 unspecified atom stereocenters. The van der Waals surface area contributed by atoms with Crippen molar-refractivity contribution in [3.8, 4) is 5.75 Å². The standard InChI is InChI=1S/C9H7F3O4/c10-9(11,12)16-6-4-2-1-3-5(6)7(13)8(14)15/h1-4,7,13H,(H,14,15)/t7-/m1/s1. The molecule has 0 bridgehead atoms. The number of alkyl halides is 3. The third-order valence-corrected chi connectivity index (χ3v) is 1.67. The van der Waals surface area contributed by atoms with Crippen LogP contribution in [-0.2, 0) is 4.79 Å². The van der Waals surface area contributed by atoms with Gasteiger partial charge in [0.25, 0.3) is 0 Å². The van der Waals surface area contributed by atoms with Crippen molar-refractivity contribution in [3.63, 3.8) is 0 Å². The van der Waals surface area contributed by atoms with Crippen molar-refractivity contribution in [2.75, 3.05) is 0 Å². The SMILES string of the molecule is O=C(O)[C@H](O)c1ccccc1OC(F)(F)F. The fraction of sp³-hybridized carbons (Fsp3) is 0.222. The van der Waals surface area contributed by atoms with Crippen LogP contribution in [0.4, 0.5) is 13.2 Å². The number of rotatable bonds is 3. The molecule has 0 aromatic heterocycles. The number of benzene rings is 1. The van der Waals surface area contributed by atoms with E-state index >= 15 is 0 Å². The minimum Gasteiger partial charge on any atom is -0.479 e. The lowest BCUT2D eigenvalue weighted by atomic mass is 10.1. The Labute approximate surface area is 87.9 Å². The molecule has 1 aromatic carbocycles. The van der Waals surface area contributed by atoms with Crippen LogP contribution in [0.5, 0.6) is 5.75 Å². The zero-order valence-electron chi connectivity index (χ0n) is 7.73. The van der Waals surface area contributed by atoms with E-state index in [1.165, 1.54) is 12.1 Å². The Hall–Kier alpha value is -1.76. The largest absolute Gasteiger partial charge is 0.573 e. The van der Waals surface area contributed by atoms with Crippen LogP contribution in [0.1, 0.15) is 11.7 Å². The number of aliphatic hydroxyl groups excluding tert-OH is 1. The maximum Gasteiger partial charge on any atom is 0.573 e. The summed E-state index contributed by atoms with van der Waals surface area (Å²) in [6, 6.07) is 4.50. The van der Waals surface area contributed by atoms with E-state index in [0.29, 0.717) is 0 Å². The Kier molecular flexibility index (Phi) is 3.38.